The Bertz CT molecular complexity index is 777. The van der Waals surface area contributed by atoms with Crippen molar-refractivity contribution in [3.8, 4) is 0 Å². The maximum absolute atomic E-state index is 12.0. The van der Waals surface area contributed by atoms with Crippen LogP contribution in [0.25, 0.3) is 0 Å². The largest absolute Gasteiger partial charge is 0.293 e. The lowest BCUT2D eigenvalue weighted by molar-refractivity contribution is 0.0930. The number of thioether (sulfide) groups is 1. The molecule has 0 spiro atoms. The standard InChI is InChI=1S/C18H16Br2O4S2/c19-15-5-1-13(2-6-15)17(21)11-24-26(23)10-9-25-12-18(22)14-3-7-16(20)8-4-14/h1-8H,9-12H2. The molecule has 0 saturated heterocycles. The Labute approximate surface area is 176 Å². The predicted octanol–water partition coefficient (Wildman–Crippen LogP) is 4.69. The number of benzene rings is 2. The van der Waals surface area contributed by atoms with E-state index in [1.807, 2.05) is 12.1 Å². The van der Waals surface area contributed by atoms with Gasteiger partial charge in [-0.3, -0.25) is 13.8 Å². The fraction of sp³-hybridized carbons (Fsp3) is 0.222. The minimum atomic E-state index is -1.55. The summed E-state index contributed by atoms with van der Waals surface area (Å²) in [5.41, 5.74) is 1.16. The van der Waals surface area contributed by atoms with Gasteiger partial charge in [0.2, 0.25) is 0 Å². The van der Waals surface area contributed by atoms with E-state index in [-0.39, 0.29) is 23.9 Å². The van der Waals surface area contributed by atoms with Crippen molar-refractivity contribution in [3.05, 3.63) is 68.6 Å². The second-order valence-corrected chi connectivity index (χ2v) is 9.37. The van der Waals surface area contributed by atoms with Gasteiger partial charge in [-0.2, -0.15) is 11.8 Å². The fourth-order valence-electron chi connectivity index (χ4n) is 1.91. The van der Waals surface area contributed by atoms with Crippen molar-refractivity contribution in [3.63, 3.8) is 0 Å². The van der Waals surface area contributed by atoms with E-state index < -0.39 is 11.1 Å². The van der Waals surface area contributed by atoms with Crippen LogP contribution in [0.4, 0.5) is 0 Å². The van der Waals surface area contributed by atoms with Gasteiger partial charge in [-0.15, -0.1) is 0 Å². The van der Waals surface area contributed by atoms with Crippen molar-refractivity contribution in [2.45, 2.75) is 0 Å². The van der Waals surface area contributed by atoms with Gasteiger partial charge in [0, 0.05) is 25.8 Å². The van der Waals surface area contributed by atoms with Crippen molar-refractivity contribution < 1.29 is 18.0 Å². The maximum Gasteiger partial charge on any atom is 0.189 e. The molecule has 1 unspecified atom stereocenters. The summed E-state index contributed by atoms with van der Waals surface area (Å²) in [6.07, 6.45) is 0. The first-order chi connectivity index (χ1) is 12.5. The highest BCUT2D eigenvalue weighted by molar-refractivity contribution is 9.10. The van der Waals surface area contributed by atoms with E-state index in [1.54, 1.807) is 36.4 Å². The zero-order valence-electron chi connectivity index (χ0n) is 13.7. The number of hydrogen-bond donors (Lipinski definition) is 0. The Hall–Kier alpha value is -0.800. The summed E-state index contributed by atoms with van der Waals surface area (Å²) >= 11 is 6.47. The second-order valence-electron chi connectivity index (χ2n) is 5.18. The van der Waals surface area contributed by atoms with Gasteiger partial charge in [-0.05, 0) is 24.3 Å². The van der Waals surface area contributed by atoms with E-state index in [2.05, 4.69) is 31.9 Å². The lowest BCUT2D eigenvalue weighted by atomic mass is 10.1. The molecule has 0 N–H and O–H groups in total. The summed E-state index contributed by atoms with van der Waals surface area (Å²) in [6.45, 7) is -0.225. The second kappa shape index (κ2) is 11.1. The first-order valence-corrected chi connectivity index (χ1v) is 11.6. The topological polar surface area (TPSA) is 60.4 Å². The first-order valence-electron chi connectivity index (χ1n) is 7.62. The van der Waals surface area contributed by atoms with Gasteiger partial charge >= 0.3 is 0 Å². The third-order valence-corrected chi connectivity index (χ3v) is 6.47. The quantitative estimate of drug-likeness (QED) is 0.336. The van der Waals surface area contributed by atoms with E-state index in [4.69, 9.17) is 4.18 Å². The van der Waals surface area contributed by atoms with E-state index in [1.165, 1.54) is 11.8 Å². The molecule has 4 nitrogen and oxygen atoms in total. The number of halogens is 2. The average molecular weight is 520 g/mol. The van der Waals surface area contributed by atoms with E-state index in [0.717, 1.165) is 8.95 Å². The van der Waals surface area contributed by atoms with Crippen LogP contribution in [0.1, 0.15) is 20.7 Å². The molecule has 0 radical (unpaired) electrons. The minimum Gasteiger partial charge on any atom is -0.293 e. The van der Waals surface area contributed by atoms with Crippen molar-refractivity contribution in [1.82, 2.24) is 0 Å². The maximum atomic E-state index is 12.0. The van der Waals surface area contributed by atoms with Crippen LogP contribution in [0.5, 0.6) is 0 Å². The smallest absolute Gasteiger partial charge is 0.189 e. The summed E-state index contributed by atoms with van der Waals surface area (Å²) in [4.78, 5) is 23.9. The number of carbonyl (C=O) groups is 2. The molecule has 138 valence electrons. The van der Waals surface area contributed by atoms with Crippen LogP contribution in [-0.4, -0.2) is 39.6 Å². The molecule has 0 aliphatic rings. The molecule has 26 heavy (non-hydrogen) atoms. The normalized spacial score (nSPS) is 11.9. The van der Waals surface area contributed by atoms with Gasteiger partial charge in [-0.25, -0.2) is 4.21 Å². The fourth-order valence-corrected chi connectivity index (χ4v) is 4.31. The molecule has 0 saturated carbocycles. The number of Topliss-reactive ketones (excluding diaryl/α,β-unsaturated/α-hetero) is 2. The van der Waals surface area contributed by atoms with Crippen LogP contribution in [-0.2, 0) is 15.3 Å². The van der Waals surface area contributed by atoms with E-state index in [0.29, 0.717) is 22.6 Å². The monoisotopic (exact) mass is 518 g/mol. The van der Waals surface area contributed by atoms with Gasteiger partial charge in [0.25, 0.3) is 0 Å². The molecule has 0 aliphatic carbocycles. The molecule has 2 aromatic carbocycles. The van der Waals surface area contributed by atoms with E-state index in [9.17, 15) is 13.8 Å². The summed E-state index contributed by atoms with van der Waals surface area (Å²) in [5, 5.41) is 0. The molecule has 2 aromatic rings. The number of hydrogen-bond acceptors (Lipinski definition) is 5. The van der Waals surface area contributed by atoms with Gasteiger partial charge in [0.1, 0.15) is 6.61 Å². The molecule has 1 atom stereocenters. The molecule has 0 heterocycles. The SMILES string of the molecule is O=C(COS(=O)CCSCC(=O)c1ccc(Br)cc1)c1ccc(Br)cc1. The van der Waals surface area contributed by atoms with Crippen LogP contribution in [0, 0.1) is 0 Å². The lowest BCUT2D eigenvalue weighted by Gasteiger charge is -2.04. The number of rotatable bonds is 10. The zero-order chi connectivity index (χ0) is 18.9. The number of carbonyl (C=O) groups excluding carboxylic acids is 2. The van der Waals surface area contributed by atoms with Crippen LogP contribution in [0.3, 0.4) is 0 Å². The molecule has 2 rings (SSSR count). The molecule has 0 bridgehead atoms. The highest BCUT2D eigenvalue weighted by Gasteiger charge is 2.10. The third-order valence-electron chi connectivity index (χ3n) is 3.28. The van der Waals surface area contributed by atoms with Crippen molar-refractivity contribution in [2.75, 3.05) is 23.9 Å². The molecule has 0 aliphatic heterocycles. The minimum absolute atomic E-state index is 0.0274. The van der Waals surface area contributed by atoms with Crippen LogP contribution in [0.15, 0.2) is 57.5 Å². The number of ketones is 2. The van der Waals surface area contributed by atoms with Crippen LogP contribution < -0.4 is 0 Å². The van der Waals surface area contributed by atoms with Crippen LogP contribution in [0.2, 0.25) is 0 Å². The Kier molecular flexibility index (Phi) is 9.21. The molecular weight excluding hydrogens is 504 g/mol. The molecule has 0 fully saturated rings. The van der Waals surface area contributed by atoms with E-state index >= 15 is 0 Å². The van der Waals surface area contributed by atoms with Gasteiger partial charge in [-0.1, -0.05) is 56.1 Å². The summed E-state index contributed by atoms with van der Waals surface area (Å²) < 4.78 is 18.7. The van der Waals surface area contributed by atoms with Crippen LogP contribution >= 0.6 is 43.6 Å². The summed E-state index contributed by atoms with van der Waals surface area (Å²) in [5.74, 6) is 0.910. The molecular formula is C18H16Br2O4S2. The van der Waals surface area contributed by atoms with Gasteiger partial charge < -0.3 is 0 Å². The molecule has 0 aromatic heterocycles. The highest BCUT2D eigenvalue weighted by Crippen LogP contribution is 2.14. The van der Waals surface area contributed by atoms with Crippen molar-refractivity contribution in [2.24, 2.45) is 0 Å². The predicted molar refractivity (Wildman–Crippen MR) is 113 cm³/mol. The Morgan fingerprint density at radius 1 is 0.885 bits per heavy atom. The molecule has 0 amide bonds. The Balaban J connectivity index is 1.64. The Morgan fingerprint density at radius 3 is 1.92 bits per heavy atom. The van der Waals surface area contributed by atoms with Crippen molar-refractivity contribution >= 4 is 66.3 Å². The third kappa shape index (κ3) is 7.44. The van der Waals surface area contributed by atoms with Gasteiger partial charge in [0.05, 0.1) is 11.5 Å². The molecule has 8 heteroatoms. The Morgan fingerprint density at radius 2 is 1.38 bits per heavy atom. The summed E-state index contributed by atoms with van der Waals surface area (Å²) in [6, 6.07) is 14.1. The highest BCUT2D eigenvalue weighted by atomic mass is 79.9. The first kappa shape index (κ1) is 21.5. The summed E-state index contributed by atoms with van der Waals surface area (Å²) in [7, 11) is 0. The van der Waals surface area contributed by atoms with Crippen molar-refractivity contribution in [1.29, 1.82) is 0 Å². The zero-order valence-corrected chi connectivity index (χ0v) is 18.5. The van der Waals surface area contributed by atoms with Gasteiger partial charge in [0.15, 0.2) is 22.6 Å². The lowest BCUT2D eigenvalue weighted by Crippen LogP contribution is -2.13. The average Bonchev–Trinajstić information content (AvgIpc) is 2.64.